The first kappa shape index (κ1) is 14.7. The molecule has 0 aliphatic carbocycles. The Kier molecular flexibility index (Phi) is 4.53. The summed E-state index contributed by atoms with van der Waals surface area (Å²) in [4.78, 5) is 1.83. The number of anilines is 2. The van der Waals surface area contributed by atoms with Crippen molar-refractivity contribution >= 4 is 38.6 Å². The monoisotopic (exact) mass is 287 g/mol. The fourth-order valence-electron chi connectivity index (χ4n) is 1.25. The molecule has 0 saturated heterocycles. The summed E-state index contributed by atoms with van der Waals surface area (Å²) in [6.07, 6.45) is 0. The molecule has 1 atom stereocenters. The molecule has 1 aromatic rings. The topological polar surface area (TPSA) is 75.4 Å². The van der Waals surface area contributed by atoms with E-state index in [1.807, 2.05) is 25.1 Å². The van der Waals surface area contributed by atoms with Crippen LogP contribution in [-0.4, -0.2) is 32.8 Å². The number of hydrogen-bond donors (Lipinski definition) is 2. The maximum atomic E-state index is 11.9. The van der Waals surface area contributed by atoms with Gasteiger partial charge in [0.05, 0.1) is 10.7 Å². The molecule has 0 bridgehead atoms. The van der Waals surface area contributed by atoms with E-state index >= 15 is 0 Å². The maximum Gasteiger partial charge on any atom is 0.241 e. The van der Waals surface area contributed by atoms with E-state index in [-0.39, 0.29) is 4.99 Å². The summed E-state index contributed by atoms with van der Waals surface area (Å²) in [7, 11) is 0.171. The van der Waals surface area contributed by atoms with Crippen molar-refractivity contribution in [3.8, 4) is 0 Å². The van der Waals surface area contributed by atoms with Gasteiger partial charge in [0.1, 0.15) is 5.25 Å². The van der Waals surface area contributed by atoms with Gasteiger partial charge in [0.25, 0.3) is 0 Å². The fourth-order valence-corrected chi connectivity index (χ4v) is 2.57. The number of benzene rings is 1. The number of sulfonamides is 1. The van der Waals surface area contributed by atoms with E-state index < -0.39 is 15.3 Å². The molecule has 1 aromatic carbocycles. The summed E-state index contributed by atoms with van der Waals surface area (Å²) in [6.45, 7) is 1.46. The summed E-state index contributed by atoms with van der Waals surface area (Å²) >= 11 is 4.70. The van der Waals surface area contributed by atoms with Gasteiger partial charge in [-0.05, 0) is 25.1 Å². The average molecular weight is 287 g/mol. The van der Waals surface area contributed by atoms with Crippen molar-refractivity contribution in [3.05, 3.63) is 24.3 Å². The van der Waals surface area contributed by atoms with Gasteiger partial charge in [0, 0.05) is 19.8 Å². The molecule has 0 radical (unpaired) electrons. The highest BCUT2D eigenvalue weighted by molar-refractivity contribution is 7.95. The Morgan fingerprint density at radius 1 is 1.44 bits per heavy atom. The van der Waals surface area contributed by atoms with Crippen LogP contribution in [-0.2, 0) is 10.0 Å². The van der Waals surface area contributed by atoms with Gasteiger partial charge in [-0.2, -0.15) is 0 Å². The Balaban J connectivity index is 2.98. The third kappa shape index (κ3) is 3.58. The second-order valence-electron chi connectivity index (χ2n) is 4.14. The number of rotatable bonds is 5. The largest absolute Gasteiger partial charge is 0.392 e. The highest BCUT2D eigenvalue weighted by Gasteiger charge is 2.23. The van der Waals surface area contributed by atoms with Crippen LogP contribution in [0.15, 0.2) is 24.3 Å². The number of nitrogens with zero attached hydrogens (tertiary/aromatic N) is 1. The van der Waals surface area contributed by atoms with E-state index in [1.54, 1.807) is 18.2 Å². The van der Waals surface area contributed by atoms with E-state index in [4.69, 9.17) is 18.0 Å². The predicted molar refractivity (Wildman–Crippen MR) is 79.6 cm³/mol. The molecule has 1 rings (SSSR count). The summed E-state index contributed by atoms with van der Waals surface area (Å²) in [5, 5.41) is -0.907. The molecule has 0 aliphatic heterocycles. The van der Waals surface area contributed by atoms with Crippen LogP contribution in [0, 0.1) is 0 Å². The molecule has 5 nitrogen and oxygen atoms in total. The van der Waals surface area contributed by atoms with Gasteiger partial charge in [-0.1, -0.05) is 18.3 Å². The minimum Gasteiger partial charge on any atom is -0.392 e. The summed E-state index contributed by atoms with van der Waals surface area (Å²) < 4.78 is 26.3. The molecular weight excluding hydrogens is 270 g/mol. The SMILES string of the molecule is CC(C(N)=S)S(=O)(=O)Nc1cccc(N(C)C)c1. The molecule has 18 heavy (non-hydrogen) atoms. The molecule has 0 heterocycles. The van der Waals surface area contributed by atoms with Crippen molar-refractivity contribution in [3.63, 3.8) is 0 Å². The van der Waals surface area contributed by atoms with Crippen molar-refractivity contribution in [1.29, 1.82) is 0 Å². The number of nitrogens with one attached hydrogen (secondary N) is 1. The third-order valence-corrected chi connectivity index (χ3v) is 4.70. The van der Waals surface area contributed by atoms with E-state index in [2.05, 4.69) is 4.72 Å². The average Bonchev–Trinajstić information content (AvgIpc) is 2.27. The highest BCUT2D eigenvalue weighted by atomic mass is 32.2. The van der Waals surface area contributed by atoms with E-state index in [1.165, 1.54) is 6.92 Å². The smallest absolute Gasteiger partial charge is 0.241 e. The lowest BCUT2D eigenvalue weighted by molar-refractivity contribution is 0.598. The lowest BCUT2D eigenvalue weighted by Gasteiger charge is -2.16. The van der Waals surface area contributed by atoms with Crippen LogP contribution in [0.2, 0.25) is 0 Å². The Morgan fingerprint density at radius 2 is 2.06 bits per heavy atom. The van der Waals surface area contributed by atoms with E-state index in [9.17, 15) is 8.42 Å². The van der Waals surface area contributed by atoms with Gasteiger partial charge < -0.3 is 10.6 Å². The van der Waals surface area contributed by atoms with Crippen LogP contribution in [0.5, 0.6) is 0 Å². The zero-order valence-electron chi connectivity index (χ0n) is 10.5. The highest BCUT2D eigenvalue weighted by Crippen LogP contribution is 2.19. The third-order valence-electron chi connectivity index (χ3n) is 2.49. The number of nitrogens with two attached hydrogens (primary N) is 1. The number of hydrogen-bond acceptors (Lipinski definition) is 4. The first-order valence-corrected chi connectivity index (χ1v) is 7.28. The first-order valence-electron chi connectivity index (χ1n) is 5.32. The van der Waals surface area contributed by atoms with Crippen LogP contribution in [0.25, 0.3) is 0 Å². The summed E-state index contributed by atoms with van der Waals surface area (Å²) in [5.74, 6) is 0. The van der Waals surface area contributed by atoms with Crippen LogP contribution in [0.3, 0.4) is 0 Å². The van der Waals surface area contributed by atoms with Gasteiger partial charge in [-0.15, -0.1) is 0 Å². The standard InChI is InChI=1S/C11H17N3O2S2/c1-8(11(12)17)18(15,16)13-9-5-4-6-10(7-9)14(2)3/h4-8,13H,1-3H3,(H2,12,17). The van der Waals surface area contributed by atoms with Crippen molar-refractivity contribution < 1.29 is 8.42 Å². The zero-order valence-corrected chi connectivity index (χ0v) is 12.2. The molecule has 1 unspecified atom stereocenters. The van der Waals surface area contributed by atoms with Gasteiger partial charge in [-0.3, -0.25) is 4.72 Å². The number of thiocarbonyl (C=S) groups is 1. The zero-order chi connectivity index (χ0) is 13.9. The Bertz CT molecular complexity index is 541. The quantitative estimate of drug-likeness (QED) is 0.795. The minimum atomic E-state index is -3.59. The molecule has 0 saturated carbocycles. The Morgan fingerprint density at radius 3 is 2.56 bits per heavy atom. The first-order chi connectivity index (χ1) is 8.24. The molecule has 0 aromatic heterocycles. The van der Waals surface area contributed by atoms with Crippen molar-refractivity contribution in [2.45, 2.75) is 12.2 Å². The fraction of sp³-hybridized carbons (Fsp3) is 0.364. The van der Waals surface area contributed by atoms with Gasteiger partial charge in [-0.25, -0.2) is 8.42 Å². The van der Waals surface area contributed by atoms with Crippen LogP contribution in [0.4, 0.5) is 11.4 Å². The molecular formula is C11H17N3O2S2. The van der Waals surface area contributed by atoms with Crippen molar-refractivity contribution in [2.24, 2.45) is 5.73 Å². The molecule has 0 aliphatic rings. The predicted octanol–water partition coefficient (Wildman–Crippen LogP) is 1.17. The molecule has 0 amide bonds. The van der Waals surface area contributed by atoms with Gasteiger partial charge in [0.2, 0.25) is 10.0 Å². The van der Waals surface area contributed by atoms with Crippen molar-refractivity contribution in [1.82, 2.24) is 0 Å². The molecule has 0 spiro atoms. The van der Waals surface area contributed by atoms with Crippen LogP contribution in [0.1, 0.15) is 6.92 Å². The van der Waals surface area contributed by atoms with Gasteiger partial charge >= 0.3 is 0 Å². The van der Waals surface area contributed by atoms with Crippen molar-refractivity contribution in [2.75, 3.05) is 23.7 Å². The second-order valence-corrected chi connectivity index (χ2v) is 6.61. The Hall–Kier alpha value is -1.34. The summed E-state index contributed by atoms with van der Waals surface area (Å²) in [5.41, 5.74) is 6.75. The second kappa shape index (κ2) is 5.53. The van der Waals surface area contributed by atoms with E-state index in [0.29, 0.717) is 5.69 Å². The molecule has 7 heteroatoms. The van der Waals surface area contributed by atoms with E-state index in [0.717, 1.165) is 5.69 Å². The van der Waals surface area contributed by atoms with Crippen LogP contribution < -0.4 is 15.4 Å². The van der Waals surface area contributed by atoms with Crippen LogP contribution >= 0.6 is 12.2 Å². The molecule has 3 N–H and O–H groups in total. The Labute approximate surface area is 113 Å². The lowest BCUT2D eigenvalue weighted by atomic mass is 10.3. The maximum absolute atomic E-state index is 11.9. The summed E-state index contributed by atoms with van der Waals surface area (Å²) in [6, 6.07) is 7.08. The molecule has 0 fully saturated rings. The normalized spacial score (nSPS) is 12.8. The molecule has 100 valence electrons. The minimum absolute atomic E-state index is 0.0498. The lowest BCUT2D eigenvalue weighted by Crippen LogP contribution is -2.35. The van der Waals surface area contributed by atoms with Gasteiger partial charge in [0.15, 0.2) is 0 Å².